The zero-order valence-electron chi connectivity index (χ0n) is 9.48. The number of amides is 1. The smallest absolute Gasteiger partial charge is 0.335 e. The molecule has 0 radical (unpaired) electrons. The number of benzene rings is 1. The van der Waals surface area contributed by atoms with Gasteiger partial charge < -0.3 is 15.2 Å². The van der Waals surface area contributed by atoms with Crippen LogP contribution < -0.4 is 10.1 Å². The summed E-state index contributed by atoms with van der Waals surface area (Å²) in [6.07, 6.45) is 1.93. The largest absolute Gasteiger partial charge is 0.481 e. The molecule has 1 fully saturated rings. The minimum atomic E-state index is -1.22. The Hall–Kier alpha value is -2.11. The first-order valence-electron chi connectivity index (χ1n) is 5.51. The molecule has 1 aliphatic carbocycles. The minimum absolute atomic E-state index is 0.133. The van der Waals surface area contributed by atoms with Gasteiger partial charge >= 0.3 is 5.97 Å². The number of aromatic carboxylic acids is 1. The SMILES string of the molecule is O=C(COc1ccc(C(=O)O)cc1F)NC1CC1. The van der Waals surface area contributed by atoms with Gasteiger partial charge in [-0.3, -0.25) is 4.79 Å². The third-order valence-corrected chi connectivity index (χ3v) is 2.48. The lowest BCUT2D eigenvalue weighted by Crippen LogP contribution is -2.30. The number of hydrogen-bond donors (Lipinski definition) is 2. The predicted octanol–water partition coefficient (Wildman–Crippen LogP) is 1.18. The van der Waals surface area contributed by atoms with E-state index in [2.05, 4.69) is 5.32 Å². The van der Waals surface area contributed by atoms with Gasteiger partial charge in [-0.2, -0.15) is 0 Å². The zero-order chi connectivity index (χ0) is 13.1. The van der Waals surface area contributed by atoms with Crippen LogP contribution in [0.3, 0.4) is 0 Å². The van der Waals surface area contributed by atoms with Crippen LogP contribution in [0.25, 0.3) is 0 Å². The molecule has 1 aliphatic rings. The van der Waals surface area contributed by atoms with Crippen molar-refractivity contribution in [3.8, 4) is 5.75 Å². The lowest BCUT2D eigenvalue weighted by atomic mass is 10.2. The summed E-state index contributed by atoms with van der Waals surface area (Å²) in [5.41, 5.74) is -0.165. The molecular weight excluding hydrogens is 241 g/mol. The van der Waals surface area contributed by atoms with Crippen LogP contribution in [0.15, 0.2) is 18.2 Å². The highest BCUT2D eigenvalue weighted by Crippen LogP contribution is 2.20. The van der Waals surface area contributed by atoms with Gasteiger partial charge in [0.15, 0.2) is 18.2 Å². The van der Waals surface area contributed by atoms with E-state index in [0.717, 1.165) is 18.9 Å². The van der Waals surface area contributed by atoms with Gasteiger partial charge in [0.05, 0.1) is 5.56 Å². The molecule has 96 valence electrons. The maximum Gasteiger partial charge on any atom is 0.335 e. The molecule has 1 saturated carbocycles. The van der Waals surface area contributed by atoms with E-state index in [4.69, 9.17) is 9.84 Å². The van der Waals surface area contributed by atoms with Gasteiger partial charge in [0.2, 0.25) is 0 Å². The number of carbonyl (C=O) groups is 2. The number of carboxylic acids is 1. The van der Waals surface area contributed by atoms with E-state index >= 15 is 0 Å². The van der Waals surface area contributed by atoms with Crippen molar-refractivity contribution in [2.24, 2.45) is 0 Å². The van der Waals surface area contributed by atoms with E-state index < -0.39 is 11.8 Å². The molecule has 18 heavy (non-hydrogen) atoms. The van der Waals surface area contributed by atoms with Gasteiger partial charge in [-0.25, -0.2) is 9.18 Å². The standard InChI is InChI=1S/C12H12FNO4/c13-9-5-7(12(16)17)1-4-10(9)18-6-11(15)14-8-2-3-8/h1,4-5,8H,2-3,6H2,(H,14,15)(H,16,17). The third kappa shape index (κ3) is 3.19. The van der Waals surface area contributed by atoms with Crippen LogP contribution in [-0.2, 0) is 4.79 Å². The molecule has 0 unspecified atom stereocenters. The Labute approximate surface area is 103 Å². The summed E-state index contributed by atoms with van der Waals surface area (Å²) >= 11 is 0. The van der Waals surface area contributed by atoms with Gasteiger partial charge in [-0.15, -0.1) is 0 Å². The summed E-state index contributed by atoms with van der Waals surface area (Å²) in [5, 5.41) is 11.3. The molecule has 6 heteroatoms. The van der Waals surface area contributed by atoms with Gasteiger partial charge in [0, 0.05) is 6.04 Å². The van der Waals surface area contributed by atoms with E-state index in [9.17, 15) is 14.0 Å². The van der Waals surface area contributed by atoms with E-state index in [0.29, 0.717) is 0 Å². The fraction of sp³-hybridized carbons (Fsp3) is 0.333. The van der Waals surface area contributed by atoms with Gasteiger partial charge in [-0.05, 0) is 31.0 Å². The van der Waals surface area contributed by atoms with Gasteiger partial charge in [-0.1, -0.05) is 0 Å². The Morgan fingerprint density at radius 2 is 2.17 bits per heavy atom. The number of carbonyl (C=O) groups excluding carboxylic acids is 1. The fourth-order valence-corrected chi connectivity index (χ4v) is 1.39. The molecule has 1 aromatic carbocycles. The average molecular weight is 253 g/mol. The number of carboxylic acid groups (broad SMARTS) is 1. The molecule has 0 bridgehead atoms. The number of ether oxygens (including phenoxy) is 1. The maximum atomic E-state index is 13.4. The van der Waals surface area contributed by atoms with E-state index in [1.165, 1.54) is 12.1 Å². The fourth-order valence-electron chi connectivity index (χ4n) is 1.39. The van der Waals surface area contributed by atoms with Crippen molar-refractivity contribution in [1.29, 1.82) is 0 Å². The molecular formula is C12H12FNO4. The first kappa shape index (κ1) is 12.3. The first-order chi connectivity index (χ1) is 8.56. The molecule has 0 spiro atoms. The summed E-state index contributed by atoms with van der Waals surface area (Å²) in [7, 11) is 0. The average Bonchev–Trinajstić information content (AvgIpc) is 3.11. The number of nitrogens with one attached hydrogen (secondary N) is 1. The maximum absolute atomic E-state index is 13.4. The number of halogens is 1. The topological polar surface area (TPSA) is 75.6 Å². The van der Waals surface area contributed by atoms with Crippen molar-refractivity contribution in [3.63, 3.8) is 0 Å². The van der Waals surface area contributed by atoms with Crippen LogP contribution in [-0.4, -0.2) is 29.6 Å². The zero-order valence-corrected chi connectivity index (χ0v) is 9.48. The molecule has 1 amide bonds. The molecule has 0 atom stereocenters. The normalized spacial score (nSPS) is 14.1. The Morgan fingerprint density at radius 1 is 1.44 bits per heavy atom. The van der Waals surface area contributed by atoms with Crippen LogP contribution in [0.2, 0.25) is 0 Å². The molecule has 2 N–H and O–H groups in total. The lowest BCUT2D eigenvalue weighted by Gasteiger charge is -2.07. The summed E-state index contributed by atoms with van der Waals surface area (Å²) in [4.78, 5) is 21.9. The van der Waals surface area contributed by atoms with Crippen LogP contribution in [0, 0.1) is 5.82 Å². The third-order valence-electron chi connectivity index (χ3n) is 2.48. The monoisotopic (exact) mass is 253 g/mol. The highest BCUT2D eigenvalue weighted by molar-refractivity contribution is 5.87. The predicted molar refractivity (Wildman–Crippen MR) is 60.0 cm³/mol. The molecule has 5 nitrogen and oxygen atoms in total. The second kappa shape index (κ2) is 5.03. The summed E-state index contributed by atoms with van der Waals surface area (Å²) in [6.45, 7) is -0.278. The Bertz CT molecular complexity index is 485. The van der Waals surface area contributed by atoms with Crippen LogP contribution >= 0.6 is 0 Å². The van der Waals surface area contributed by atoms with Crippen LogP contribution in [0.5, 0.6) is 5.75 Å². The summed E-state index contributed by atoms with van der Waals surface area (Å²) < 4.78 is 18.4. The van der Waals surface area contributed by atoms with Gasteiger partial charge in [0.25, 0.3) is 5.91 Å². The van der Waals surface area contributed by atoms with Crippen molar-refractivity contribution < 1.29 is 23.8 Å². The van der Waals surface area contributed by atoms with Crippen LogP contribution in [0.4, 0.5) is 4.39 Å². The lowest BCUT2D eigenvalue weighted by molar-refractivity contribution is -0.123. The minimum Gasteiger partial charge on any atom is -0.481 e. The van der Waals surface area contributed by atoms with E-state index in [1.54, 1.807) is 0 Å². The van der Waals surface area contributed by atoms with Crippen LogP contribution in [0.1, 0.15) is 23.2 Å². The molecule has 0 heterocycles. The molecule has 1 aromatic rings. The van der Waals surface area contributed by atoms with Crippen molar-refractivity contribution in [1.82, 2.24) is 5.32 Å². The number of rotatable bonds is 5. The highest BCUT2D eigenvalue weighted by Gasteiger charge is 2.23. The van der Waals surface area contributed by atoms with Crippen molar-refractivity contribution in [2.45, 2.75) is 18.9 Å². The second-order valence-corrected chi connectivity index (χ2v) is 4.08. The molecule has 0 aliphatic heterocycles. The van der Waals surface area contributed by atoms with Crippen molar-refractivity contribution in [3.05, 3.63) is 29.6 Å². The second-order valence-electron chi connectivity index (χ2n) is 4.08. The molecule has 0 saturated heterocycles. The number of hydrogen-bond acceptors (Lipinski definition) is 3. The summed E-state index contributed by atoms with van der Waals surface area (Å²) in [5.74, 6) is -2.45. The van der Waals surface area contributed by atoms with E-state index in [1.807, 2.05) is 0 Å². The first-order valence-corrected chi connectivity index (χ1v) is 5.51. The van der Waals surface area contributed by atoms with Crippen molar-refractivity contribution >= 4 is 11.9 Å². The van der Waals surface area contributed by atoms with Crippen molar-refractivity contribution in [2.75, 3.05) is 6.61 Å². The highest BCUT2D eigenvalue weighted by atomic mass is 19.1. The molecule has 2 rings (SSSR count). The Morgan fingerprint density at radius 3 is 2.72 bits per heavy atom. The Kier molecular flexibility index (Phi) is 3.45. The summed E-state index contributed by atoms with van der Waals surface area (Å²) in [6, 6.07) is 3.50. The van der Waals surface area contributed by atoms with Gasteiger partial charge in [0.1, 0.15) is 0 Å². The molecule has 0 aromatic heterocycles. The Balaban J connectivity index is 1.92. The van der Waals surface area contributed by atoms with E-state index in [-0.39, 0.29) is 29.9 Å². The quantitative estimate of drug-likeness (QED) is 0.826.